The highest BCUT2D eigenvalue weighted by molar-refractivity contribution is 5.86. The SMILES string of the molecule is C=C[C@]1(C)C[C@]2(C)[C@@H](OC(=O)CO)[C@@]3(C)[C@@H]4C(=O)CC[C@@]4(CC[C@@H]23)[C@@H](C)[C@@H]1O. The summed E-state index contributed by atoms with van der Waals surface area (Å²) in [6, 6.07) is 0. The average Bonchev–Trinajstić information content (AvgIpc) is 3.03. The maximum absolute atomic E-state index is 13.2. The largest absolute Gasteiger partial charge is 0.459 e. The Morgan fingerprint density at radius 2 is 2.00 bits per heavy atom. The molecule has 5 aliphatic rings. The number of carbonyl (C=O) groups excluding carboxylic acids is 2. The van der Waals surface area contributed by atoms with Gasteiger partial charge in [-0.3, -0.25) is 4.79 Å². The molecule has 0 aromatic carbocycles. The predicted molar refractivity (Wildman–Crippen MR) is 104 cm³/mol. The number of ketones is 1. The van der Waals surface area contributed by atoms with E-state index >= 15 is 0 Å². The van der Waals surface area contributed by atoms with E-state index in [0.717, 1.165) is 19.3 Å². The molecule has 0 aromatic rings. The molecule has 5 heteroatoms. The van der Waals surface area contributed by atoms with E-state index in [0.29, 0.717) is 12.8 Å². The normalized spacial score (nSPS) is 54.8. The molecule has 0 heterocycles. The zero-order valence-corrected chi connectivity index (χ0v) is 17.5. The molecule has 5 aliphatic carbocycles. The van der Waals surface area contributed by atoms with Gasteiger partial charge in [-0.25, -0.2) is 4.79 Å². The van der Waals surface area contributed by atoms with Crippen LogP contribution in [0.15, 0.2) is 12.7 Å². The van der Waals surface area contributed by atoms with Crippen LogP contribution in [0.4, 0.5) is 0 Å². The Bertz CT molecular complexity index is 733. The number of aliphatic hydroxyl groups excluding tert-OH is 2. The van der Waals surface area contributed by atoms with E-state index in [9.17, 15) is 19.8 Å². The van der Waals surface area contributed by atoms with Gasteiger partial charge in [0.2, 0.25) is 0 Å². The smallest absolute Gasteiger partial charge is 0.332 e. The predicted octanol–water partition coefficient (Wildman–Crippen LogP) is 2.89. The molecule has 5 fully saturated rings. The van der Waals surface area contributed by atoms with Gasteiger partial charge >= 0.3 is 5.97 Å². The van der Waals surface area contributed by atoms with E-state index in [1.807, 2.05) is 13.0 Å². The average molecular weight is 391 g/mol. The summed E-state index contributed by atoms with van der Waals surface area (Å²) in [6.07, 6.45) is 4.70. The van der Waals surface area contributed by atoms with Gasteiger partial charge < -0.3 is 14.9 Å². The van der Waals surface area contributed by atoms with Gasteiger partial charge in [-0.15, -0.1) is 6.58 Å². The van der Waals surface area contributed by atoms with E-state index in [-0.39, 0.29) is 34.4 Å². The van der Waals surface area contributed by atoms with Gasteiger partial charge in [-0.05, 0) is 42.9 Å². The summed E-state index contributed by atoms with van der Waals surface area (Å²) in [7, 11) is 0. The molecule has 0 saturated heterocycles. The minimum absolute atomic E-state index is 0.0399. The fourth-order valence-electron chi connectivity index (χ4n) is 8.67. The van der Waals surface area contributed by atoms with Crippen molar-refractivity contribution in [3.05, 3.63) is 12.7 Å². The molecule has 9 atom stereocenters. The van der Waals surface area contributed by atoms with E-state index in [2.05, 4.69) is 27.4 Å². The second kappa shape index (κ2) is 5.91. The lowest BCUT2D eigenvalue weighted by molar-refractivity contribution is -0.294. The van der Waals surface area contributed by atoms with Gasteiger partial charge in [0, 0.05) is 28.6 Å². The molecule has 156 valence electrons. The zero-order valence-electron chi connectivity index (χ0n) is 17.5. The lowest BCUT2D eigenvalue weighted by atomic mass is 9.33. The van der Waals surface area contributed by atoms with Crippen molar-refractivity contribution in [2.24, 2.45) is 39.4 Å². The van der Waals surface area contributed by atoms with E-state index in [1.54, 1.807) is 0 Å². The van der Waals surface area contributed by atoms with Gasteiger partial charge in [-0.1, -0.05) is 33.8 Å². The molecule has 5 saturated carbocycles. The van der Waals surface area contributed by atoms with Crippen molar-refractivity contribution < 1.29 is 24.5 Å². The Hall–Kier alpha value is -1.20. The number of rotatable bonds is 3. The van der Waals surface area contributed by atoms with Crippen LogP contribution in [-0.2, 0) is 14.3 Å². The molecule has 0 aromatic heterocycles. The van der Waals surface area contributed by atoms with Crippen molar-refractivity contribution in [1.29, 1.82) is 0 Å². The third kappa shape index (κ3) is 2.10. The first-order chi connectivity index (χ1) is 13.0. The monoisotopic (exact) mass is 390 g/mol. The fraction of sp³-hybridized carbons (Fsp3) is 0.826. The molecule has 0 aliphatic heterocycles. The molecule has 2 N–H and O–H groups in total. The number of hydrogen-bond donors (Lipinski definition) is 2. The summed E-state index contributed by atoms with van der Waals surface area (Å²) in [5.41, 5.74) is -1.59. The van der Waals surface area contributed by atoms with Crippen molar-refractivity contribution in [3.63, 3.8) is 0 Å². The van der Waals surface area contributed by atoms with Crippen molar-refractivity contribution in [1.82, 2.24) is 0 Å². The van der Waals surface area contributed by atoms with Crippen molar-refractivity contribution in [3.8, 4) is 0 Å². The topological polar surface area (TPSA) is 83.8 Å². The Balaban J connectivity index is 1.93. The van der Waals surface area contributed by atoms with Gasteiger partial charge in [0.05, 0.1) is 6.10 Å². The van der Waals surface area contributed by atoms with Crippen molar-refractivity contribution in [2.45, 2.75) is 72.0 Å². The van der Waals surface area contributed by atoms with Crippen LogP contribution in [0.3, 0.4) is 0 Å². The minimum atomic E-state index is -0.658. The third-order valence-corrected chi connectivity index (χ3v) is 9.63. The number of fused-ring (bicyclic) bond motifs is 4. The summed E-state index contributed by atoms with van der Waals surface area (Å²) in [4.78, 5) is 25.3. The van der Waals surface area contributed by atoms with Gasteiger partial charge in [-0.2, -0.15) is 0 Å². The van der Waals surface area contributed by atoms with Crippen molar-refractivity contribution >= 4 is 11.8 Å². The first-order valence-corrected chi connectivity index (χ1v) is 10.7. The highest BCUT2D eigenvalue weighted by atomic mass is 16.6. The van der Waals surface area contributed by atoms with E-state index < -0.39 is 35.6 Å². The molecule has 0 radical (unpaired) electrons. The molecule has 4 bridgehead atoms. The number of hydrogen-bond acceptors (Lipinski definition) is 5. The molecule has 0 amide bonds. The van der Waals surface area contributed by atoms with Crippen molar-refractivity contribution in [2.75, 3.05) is 6.61 Å². The molecule has 5 nitrogen and oxygen atoms in total. The lowest BCUT2D eigenvalue weighted by Gasteiger charge is -2.72. The zero-order chi connectivity index (χ0) is 20.7. The van der Waals surface area contributed by atoms with Crippen LogP contribution < -0.4 is 0 Å². The summed E-state index contributed by atoms with van der Waals surface area (Å²) in [5, 5.41) is 20.8. The highest BCUT2D eigenvalue weighted by Gasteiger charge is 2.79. The number of esters is 1. The molecule has 1 spiro atoms. The van der Waals surface area contributed by atoms with Crippen LogP contribution in [0.5, 0.6) is 0 Å². The number of carbonyl (C=O) groups is 2. The standard InChI is InChI=1S/C23H34O5/c1-6-20(3)12-21(4)15-8-10-23(13(2)18(20)27)9-7-14(25)17(23)22(15,5)19(21)28-16(26)11-24/h6,13,15,17-19,24,27H,1,7-12H2,2-5H3/t13-,15-,17-,18-,19+,20+,21-,22+,23+/m0/s1. The Kier molecular flexibility index (Phi) is 4.24. The van der Waals surface area contributed by atoms with Gasteiger partial charge in [0.15, 0.2) is 0 Å². The number of aliphatic hydroxyl groups is 2. The van der Waals surface area contributed by atoms with Crippen LogP contribution >= 0.6 is 0 Å². The second-order valence-corrected chi connectivity index (χ2v) is 10.7. The summed E-state index contributed by atoms with van der Waals surface area (Å²) in [5.74, 6) is -0.387. The Morgan fingerprint density at radius 1 is 1.32 bits per heavy atom. The van der Waals surface area contributed by atoms with Crippen LogP contribution in [0.25, 0.3) is 0 Å². The maximum atomic E-state index is 13.2. The van der Waals surface area contributed by atoms with Gasteiger partial charge in [0.25, 0.3) is 0 Å². The molecular formula is C23H34O5. The molecule has 28 heavy (non-hydrogen) atoms. The molecule has 5 rings (SSSR count). The first-order valence-electron chi connectivity index (χ1n) is 10.7. The van der Waals surface area contributed by atoms with E-state index in [1.165, 1.54) is 0 Å². The highest BCUT2D eigenvalue weighted by Crippen LogP contribution is 2.78. The van der Waals surface area contributed by atoms with Gasteiger partial charge in [0.1, 0.15) is 18.5 Å². The summed E-state index contributed by atoms with van der Waals surface area (Å²) < 4.78 is 5.86. The van der Waals surface area contributed by atoms with Crippen LogP contribution in [0.1, 0.15) is 59.8 Å². The Morgan fingerprint density at radius 3 is 2.61 bits per heavy atom. The summed E-state index contributed by atoms with van der Waals surface area (Å²) in [6.45, 7) is 11.8. The lowest BCUT2D eigenvalue weighted by Crippen LogP contribution is -2.74. The molecular weight excluding hydrogens is 356 g/mol. The van der Waals surface area contributed by atoms with E-state index in [4.69, 9.17) is 4.74 Å². The minimum Gasteiger partial charge on any atom is -0.459 e. The third-order valence-electron chi connectivity index (χ3n) is 9.63. The second-order valence-electron chi connectivity index (χ2n) is 10.7. The van der Waals surface area contributed by atoms with Crippen LogP contribution in [0, 0.1) is 39.4 Å². The quantitative estimate of drug-likeness (QED) is 0.572. The van der Waals surface area contributed by atoms with Crippen LogP contribution in [-0.4, -0.2) is 40.8 Å². The maximum Gasteiger partial charge on any atom is 0.332 e. The Labute approximate surface area is 167 Å². The number of Topliss-reactive ketones (excluding diaryl/α,β-unsaturated/α-hetero) is 1. The first kappa shape index (κ1) is 20.1. The molecule has 0 unspecified atom stereocenters. The number of ether oxygens (including phenoxy) is 1. The fourth-order valence-corrected chi connectivity index (χ4v) is 8.67. The van der Waals surface area contributed by atoms with Crippen LogP contribution in [0.2, 0.25) is 0 Å². The summed E-state index contributed by atoms with van der Waals surface area (Å²) >= 11 is 0.